The number of hydrogen-bond donors (Lipinski definition) is 0. The number of hydrogen-bond acceptors (Lipinski definition) is 2. The number of aromatic nitrogens is 2. The summed E-state index contributed by atoms with van der Waals surface area (Å²) in [5.41, 5.74) is 0.552. The van der Waals surface area contributed by atoms with E-state index in [1.807, 2.05) is 6.92 Å². The molecule has 53 valence electrons. The molecule has 0 saturated carbocycles. The summed E-state index contributed by atoms with van der Waals surface area (Å²) < 4.78 is 1.38. The predicted octanol–water partition coefficient (Wildman–Crippen LogP) is 0.445. The van der Waals surface area contributed by atoms with Crippen LogP contribution in [0.5, 0.6) is 0 Å². The summed E-state index contributed by atoms with van der Waals surface area (Å²) in [6.07, 6.45) is 0. The summed E-state index contributed by atoms with van der Waals surface area (Å²) in [6.45, 7) is 6.07. The van der Waals surface area contributed by atoms with Crippen LogP contribution in [0.4, 0.5) is 0 Å². The third-order valence-electron chi connectivity index (χ3n) is 1.22. The Balaban J connectivity index is 3.22. The molecule has 3 nitrogen and oxygen atoms in total. The van der Waals surface area contributed by atoms with Crippen molar-refractivity contribution in [2.75, 3.05) is 0 Å². The summed E-state index contributed by atoms with van der Waals surface area (Å²) in [5.74, 6) is 0. The molecule has 0 bridgehead atoms. The van der Waals surface area contributed by atoms with Gasteiger partial charge in [-0.3, -0.25) is 4.79 Å². The molecule has 0 fully saturated rings. The van der Waals surface area contributed by atoms with Gasteiger partial charge < -0.3 is 0 Å². The lowest BCUT2D eigenvalue weighted by atomic mass is 10.4. The van der Waals surface area contributed by atoms with Crippen LogP contribution in [-0.4, -0.2) is 9.78 Å². The normalized spacial score (nSPS) is 9.80. The topological polar surface area (TPSA) is 34.9 Å². The van der Waals surface area contributed by atoms with E-state index in [0.29, 0.717) is 12.2 Å². The van der Waals surface area contributed by atoms with Gasteiger partial charge in [-0.15, -0.1) is 0 Å². The van der Waals surface area contributed by atoms with Crippen LogP contribution in [0.25, 0.3) is 0 Å². The molecule has 0 amide bonds. The van der Waals surface area contributed by atoms with Crippen molar-refractivity contribution in [1.29, 1.82) is 0 Å². The smallest absolute Gasteiger partial charge is 0.266 e. The van der Waals surface area contributed by atoms with Crippen molar-refractivity contribution in [3.8, 4) is 0 Å². The van der Waals surface area contributed by atoms with E-state index in [9.17, 15) is 4.79 Å². The monoisotopic (exact) mass is 137 g/mol. The van der Waals surface area contributed by atoms with E-state index < -0.39 is 0 Å². The minimum Gasteiger partial charge on any atom is -0.268 e. The van der Waals surface area contributed by atoms with Gasteiger partial charge in [0.2, 0.25) is 0 Å². The summed E-state index contributed by atoms with van der Waals surface area (Å²) in [6, 6.07) is 3.08. The van der Waals surface area contributed by atoms with Crippen molar-refractivity contribution < 1.29 is 0 Å². The molecule has 10 heavy (non-hydrogen) atoms. The molecule has 1 heterocycles. The lowest BCUT2D eigenvalue weighted by molar-refractivity contribution is 0.610. The zero-order valence-corrected chi connectivity index (χ0v) is 5.87. The van der Waals surface area contributed by atoms with Crippen LogP contribution in [0.1, 0.15) is 12.6 Å². The summed E-state index contributed by atoms with van der Waals surface area (Å²) in [5, 5.41) is 3.88. The van der Waals surface area contributed by atoms with Gasteiger partial charge in [-0.1, -0.05) is 0 Å². The van der Waals surface area contributed by atoms with E-state index in [2.05, 4.69) is 12.0 Å². The molecule has 0 spiro atoms. The minimum atomic E-state index is -0.0742. The molecule has 0 aliphatic carbocycles. The van der Waals surface area contributed by atoms with Crippen molar-refractivity contribution >= 4 is 0 Å². The molecule has 0 N–H and O–H groups in total. The Morgan fingerprint density at radius 1 is 1.70 bits per heavy atom. The Morgan fingerprint density at radius 2 is 2.40 bits per heavy atom. The van der Waals surface area contributed by atoms with E-state index >= 15 is 0 Å². The van der Waals surface area contributed by atoms with Gasteiger partial charge in [-0.05, 0) is 19.9 Å². The molecule has 1 rings (SSSR count). The van der Waals surface area contributed by atoms with E-state index in [1.165, 1.54) is 10.7 Å². The maximum Gasteiger partial charge on any atom is 0.266 e. The second kappa shape index (κ2) is 2.64. The summed E-state index contributed by atoms with van der Waals surface area (Å²) >= 11 is 0. The van der Waals surface area contributed by atoms with Crippen LogP contribution in [0.2, 0.25) is 0 Å². The summed E-state index contributed by atoms with van der Waals surface area (Å²) in [7, 11) is 0. The van der Waals surface area contributed by atoms with Gasteiger partial charge in [0.15, 0.2) is 0 Å². The Bertz CT molecular complexity index is 277. The van der Waals surface area contributed by atoms with E-state index in [-0.39, 0.29) is 5.56 Å². The third kappa shape index (κ3) is 1.23. The molecule has 0 aromatic carbocycles. The average Bonchev–Trinajstić information content (AvgIpc) is 1.94. The maximum absolute atomic E-state index is 10.9. The molecule has 0 atom stereocenters. The second-order valence-corrected chi connectivity index (χ2v) is 1.98. The fourth-order valence-electron chi connectivity index (χ4n) is 0.718. The second-order valence-electron chi connectivity index (χ2n) is 1.98. The Morgan fingerprint density at radius 3 is 2.90 bits per heavy atom. The number of nitrogens with zero attached hydrogens (tertiary/aromatic N) is 2. The zero-order valence-electron chi connectivity index (χ0n) is 5.87. The zero-order chi connectivity index (χ0) is 7.56. The largest absolute Gasteiger partial charge is 0.268 e. The van der Waals surface area contributed by atoms with Gasteiger partial charge in [0.1, 0.15) is 0 Å². The lowest BCUT2D eigenvalue weighted by Gasteiger charge is -1.98. The predicted molar refractivity (Wildman–Crippen MR) is 38.6 cm³/mol. The number of rotatable bonds is 1. The first kappa shape index (κ1) is 6.99. The Labute approximate surface area is 59.3 Å². The van der Waals surface area contributed by atoms with Crippen molar-refractivity contribution in [3.63, 3.8) is 0 Å². The fraction of sp³-hybridized carbons (Fsp3) is 0.286. The van der Waals surface area contributed by atoms with E-state index in [0.717, 1.165) is 0 Å². The standard InChI is InChI=1S/C7H9N2O/c1-3-9-7(10)5-4-6(2)8-9/h4-5H,2-3H2,1H3. The molecule has 1 aromatic rings. The van der Waals surface area contributed by atoms with Crippen LogP contribution in [0.3, 0.4) is 0 Å². The van der Waals surface area contributed by atoms with Gasteiger partial charge in [-0.2, -0.15) is 5.10 Å². The SMILES string of the molecule is [CH2]c1ccc(=O)n(CC)n1. The van der Waals surface area contributed by atoms with Gasteiger partial charge in [0.05, 0.1) is 5.69 Å². The maximum atomic E-state index is 10.9. The quantitative estimate of drug-likeness (QED) is 0.563. The highest BCUT2D eigenvalue weighted by Gasteiger charge is 1.91. The first-order valence-electron chi connectivity index (χ1n) is 3.14. The Kier molecular flexibility index (Phi) is 1.85. The first-order valence-corrected chi connectivity index (χ1v) is 3.14. The highest BCUT2D eigenvalue weighted by molar-refractivity contribution is 5.02. The lowest BCUT2D eigenvalue weighted by Crippen LogP contribution is -2.21. The molecule has 1 aromatic heterocycles. The van der Waals surface area contributed by atoms with Crippen LogP contribution < -0.4 is 5.56 Å². The van der Waals surface area contributed by atoms with Gasteiger partial charge in [0.25, 0.3) is 5.56 Å². The molecule has 3 heteroatoms. The Hall–Kier alpha value is -1.12. The fourth-order valence-corrected chi connectivity index (χ4v) is 0.718. The van der Waals surface area contributed by atoms with E-state index in [1.54, 1.807) is 6.07 Å². The van der Waals surface area contributed by atoms with Crippen LogP contribution in [-0.2, 0) is 6.54 Å². The molecule has 0 aliphatic heterocycles. The molecule has 1 radical (unpaired) electrons. The highest BCUT2D eigenvalue weighted by atomic mass is 16.1. The third-order valence-corrected chi connectivity index (χ3v) is 1.22. The molecular weight excluding hydrogens is 128 g/mol. The van der Waals surface area contributed by atoms with Gasteiger partial charge >= 0.3 is 0 Å². The van der Waals surface area contributed by atoms with E-state index in [4.69, 9.17) is 0 Å². The van der Waals surface area contributed by atoms with Gasteiger partial charge in [0, 0.05) is 12.6 Å². The molecule has 0 unspecified atom stereocenters. The molecular formula is C7H9N2O. The molecule has 0 saturated heterocycles. The van der Waals surface area contributed by atoms with Crippen LogP contribution in [0, 0.1) is 6.92 Å². The van der Waals surface area contributed by atoms with Crippen LogP contribution in [0.15, 0.2) is 16.9 Å². The minimum absolute atomic E-state index is 0.0742. The summed E-state index contributed by atoms with van der Waals surface area (Å²) in [4.78, 5) is 10.9. The highest BCUT2D eigenvalue weighted by Crippen LogP contribution is 1.84. The van der Waals surface area contributed by atoms with Crippen molar-refractivity contribution in [2.24, 2.45) is 0 Å². The first-order chi connectivity index (χ1) is 4.74. The average molecular weight is 137 g/mol. The van der Waals surface area contributed by atoms with Crippen molar-refractivity contribution in [2.45, 2.75) is 13.5 Å². The van der Waals surface area contributed by atoms with Crippen molar-refractivity contribution in [1.82, 2.24) is 9.78 Å². The van der Waals surface area contributed by atoms with Crippen LogP contribution >= 0.6 is 0 Å². The van der Waals surface area contributed by atoms with Crippen molar-refractivity contribution in [3.05, 3.63) is 35.1 Å². The molecule has 0 aliphatic rings. The van der Waals surface area contributed by atoms with Gasteiger partial charge in [-0.25, -0.2) is 4.68 Å². The number of aryl methyl sites for hydroxylation is 1.